The van der Waals surface area contributed by atoms with E-state index in [1.54, 1.807) is 32.0 Å². The number of hydrogen-bond acceptors (Lipinski definition) is 7. The van der Waals surface area contributed by atoms with Gasteiger partial charge in [-0.25, -0.2) is 9.59 Å². The predicted octanol–water partition coefficient (Wildman–Crippen LogP) is 6.93. The van der Waals surface area contributed by atoms with Crippen LogP contribution in [0.5, 0.6) is 0 Å². The summed E-state index contributed by atoms with van der Waals surface area (Å²) in [4.78, 5) is 34.4. The molecule has 238 valence electrons. The molecule has 3 aromatic carbocycles. The zero-order valence-corrected chi connectivity index (χ0v) is 26.4. The van der Waals surface area contributed by atoms with Crippen molar-refractivity contribution in [2.24, 2.45) is 5.92 Å². The van der Waals surface area contributed by atoms with Gasteiger partial charge in [0.25, 0.3) is 5.69 Å². The van der Waals surface area contributed by atoms with Gasteiger partial charge < -0.3 is 20.1 Å². The van der Waals surface area contributed by atoms with Crippen LogP contribution in [-0.4, -0.2) is 53.6 Å². The van der Waals surface area contributed by atoms with E-state index in [-0.39, 0.29) is 17.7 Å². The molecule has 0 radical (unpaired) electrons. The van der Waals surface area contributed by atoms with E-state index >= 15 is 0 Å². The van der Waals surface area contributed by atoms with Crippen molar-refractivity contribution in [1.82, 2.24) is 10.2 Å². The molecule has 3 aromatic rings. The first-order chi connectivity index (χ1) is 21.6. The largest absolute Gasteiger partial charge is 0.478 e. The first kappa shape index (κ1) is 34.7. The zero-order valence-electron chi connectivity index (χ0n) is 26.4. The van der Waals surface area contributed by atoms with Crippen LogP contribution in [0, 0.1) is 16.0 Å². The average Bonchev–Trinajstić information content (AvgIpc) is 3.47. The number of carboxylic acid groups (broad SMARTS) is 1. The fourth-order valence-electron chi connectivity index (χ4n) is 5.45. The second-order valence-electron chi connectivity index (χ2n) is 11.3. The number of ether oxygens (including phenoxy) is 1. The molecule has 1 unspecified atom stereocenters. The molecule has 2 aliphatic rings. The highest BCUT2D eigenvalue weighted by atomic mass is 16.6. The number of likely N-dealkylation sites (tertiary alicyclic amines) is 1. The number of rotatable bonds is 8. The summed E-state index contributed by atoms with van der Waals surface area (Å²) < 4.78 is 4.57. The number of benzene rings is 3. The number of non-ortho nitro benzene ring substituents is 1. The van der Waals surface area contributed by atoms with E-state index in [9.17, 15) is 19.7 Å². The number of para-hydroxylation sites is 1. The molecule has 0 aliphatic carbocycles. The molecule has 9 nitrogen and oxygen atoms in total. The van der Waals surface area contributed by atoms with Gasteiger partial charge in [-0.1, -0.05) is 85.8 Å². The predicted molar refractivity (Wildman–Crippen MR) is 175 cm³/mol. The maximum absolute atomic E-state index is 11.3. The quantitative estimate of drug-likeness (QED) is 0.159. The third kappa shape index (κ3) is 10.7. The lowest BCUT2D eigenvalue weighted by molar-refractivity contribution is -0.384. The molecule has 0 amide bonds. The average molecular weight is 614 g/mol. The lowest BCUT2D eigenvalue weighted by Crippen LogP contribution is -2.25. The second kappa shape index (κ2) is 17.5. The third-order valence-electron chi connectivity index (χ3n) is 7.94. The van der Waals surface area contributed by atoms with E-state index in [1.807, 2.05) is 0 Å². The van der Waals surface area contributed by atoms with Crippen molar-refractivity contribution in [3.63, 3.8) is 0 Å². The van der Waals surface area contributed by atoms with Crippen molar-refractivity contribution in [3.05, 3.63) is 135 Å². The summed E-state index contributed by atoms with van der Waals surface area (Å²) in [6, 6.07) is 29.8. The number of nitrogens with zero attached hydrogens (tertiary/aromatic N) is 2. The number of carboxylic acids is 1. The van der Waals surface area contributed by atoms with Gasteiger partial charge in [-0.2, -0.15) is 0 Å². The van der Waals surface area contributed by atoms with E-state index in [1.165, 1.54) is 62.8 Å². The molecule has 0 saturated carbocycles. The Hall–Kier alpha value is -4.76. The molecule has 1 saturated heterocycles. The topological polar surface area (TPSA) is 122 Å². The molecular weight excluding hydrogens is 570 g/mol. The minimum Gasteiger partial charge on any atom is -0.478 e. The fourth-order valence-corrected chi connectivity index (χ4v) is 5.45. The summed E-state index contributed by atoms with van der Waals surface area (Å²) in [7, 11) is 1.27. The molecule has 0 aromatic heterocycles. The monoisotopic (exact) mass is 613 g/mol. The Balaban J connectivity index is 0.000000201. The Morgan fingerprint density at radius 1 is 0.933 bits per heavy atom. The number of esters is 1. The van der Waals surface area contributed by atoms with Gasteiger partial charge in [-0.15, -0.1) is 0 Å². The van der Waals surface area contributed by atoms with E-state index in [2.05, 4.69) is 82.5 Å². The fraction of sp³-hybridized carbons (Fsp3) is 0.333. The summed E-state index contributed by atoms with van der Waals surface area (Å²) in [5.41, 5.74) is 4.78. The first-order valence-corrected chi connectivity index (χ1v) is 15.1. The summed E-state index contributed by atoms with van der Waals surface area (Å²) in [5, 5.41) is 21.8. The summed E-state index contributed by atoms with van der Waals surface area (Å²) in [6.07, 6.45) is 2.68. The number of carbonyl (C=O) groups is 2. The summed E-state index contributed by atoms with van der Waals surface area (Å²) >= 11 is 0. The number of hydrogen-bond donors (Lipinski definition) is 2. The maximum atomic E-state index is 11.3. The molecular formula is C36H43N3O6. The molecule has 45 heavy (non-hydrogen) atoms. The number of methoxy groups -OCH3 is 1. The van der Waals surface area contributed by atoms with Gasteiger partial charge >= 0.3 is 11.9 Å². The molecule has 1 fully saturated rings. The highest BCUT2D eigenvalue weighted by Crippen LogP contribution is 2.29. The van der Waals surface area contributed by atoms with E-state index < -0.39 is 16.9 Å². The minimum atomic E-state index is -1.02. The molecule has 2 aliphatic heterocycles. The highest BCUT2D eigenvalue weighted by molar-refractivity contribution is 5.95. The molecule has 1 atom stereocenters. The second-order valence-corrected chi connectivity index (χ2v) is 11.3. The third-order valence-corrected chi connectivity index (χ3v) is 7.94. The van der Waals surface area contributed by atoms with Crippen LogP contribution in [0.1, 0.15) is 57.1 Å². The van der Waals surface area contributed by atoms with Gasteiger partial charge in [0.2, 0.25) is 0 Å². The van der Waals surface area contributed by atoms with Crippen LogP contribution in [0.25, 0.3) is 0 Å². The SMILES string of the molecule is CC1CCN(CCC(c2ccccc2)c2ccccc2)C1.COC(=O)C1=C(C)NC(C)=C(C(=O)O)C1.O=[N+]([O-])c1ccccc1. The van der Waals surface area contributed by atoms with Gasteiger partial charge in [0, 0.05) is 42.4 Å². The Morgan fingerprint density at radius 3 is 1.87 bits per heavy atom. The van der Waals surface area contributed by atoms with Gasteiger partial charge in [0.1, 0.15) is 0 Å². The lowest BCUT2D eigenvalue weighted by Gasteiger charge is -2.22. The van der Waals surface area contributed by atoms with Crippen LogP contribution in [0.4, 0.5) is 5.69 Å². The Bertz CT molecular complexity index is 1430. The summed E-state index contributed by atoms with van der Waals surface area (Å²) in [6.45, 7) is 9.51. The lowest BCUT2D eigenvalue weighted by atomic mass is 9.88. The van der Waals surface area contributed by atoms with Crippen molar-refractivity contribution in [2.75, 3.05) is 26.7 Å². The molecule has 2 heterocycles. The van der Waals surface area contributed by atoms with Crippen molar-refractivity contribution in [3.8, 4) is 0 Å². The number of nitro groups is 1. The van der Waals surface area contributed by atoms with Gasteiger partial charge in [-0.3, -0.25) is 10.1 Å². The van der Waals surface area contributed by atoms with E-state index in [0.717, 1.165) is 5.92 Å². The molecule has 5 rings (SSSR count). The maximum Gasteiger partial charge on any atom is 0.335 e. The Kier molecular flexibility index (Phi) is 13.5. The molecule has 2 N–H and O–H groups in total. The summed E-state index contributed by atoms with van der Waals surface area (Å²) in [5.74, 6) is -0.125. The van der Waals surface area contributed by atoms with Crippen LogP contribution in [0.2, 0.25) is 0 Å². The van der Waals surface area contributed by atoms with Gasteiger partial charge in [0.05, 0.1) is 23.2 Å². The van der Waals surface area contributed by atoms with Gasteiger partial charge in [0.15, 0.2) is 0 Å². The van der Waals surface area contributed by atoms with Crippen LogP contribution in [0.15, 0.2) is 114 Å². The standard InChI is InChI=1S/C20H25N.C10H13NO4.C6H5NO2/c1-17-12-14-21(16-17)15-13-20(18-8-4-2-5-9-18)19-10-6-3-7-11-19;1-5-7(9(12)13)4-8(6(2)11-5)10(14)15-3;8-7(9)6-4-2-1-3-5-6/h2-11,17,20H,12-16H2,1H3;11H,4H2,1-3H3,(H,12,13);1-5H. The Labute approximate surface area is 265 Å². The number of carbonyl (C=O) groups excluding carboxylic acids is 1. The Morgan fingerprint density at radius 2 is 1.44 bits per heavy atom. The molecule has 0 bridgehead atoms. The minimum absolute atomic E-state index is 0.104. The van der Waals surface area contributed by atoms with E-state index in [4.69, 9.17) is 5.11 Å². The molecule has 0 spiro atoms. The van der Waals surface area contributed by atoms with Crippen LogP contribution < -0.4 is 5.32 Å². The zero-order chi connectivity index (χ0) is 32.8. The van der Waals surface area contributed by atoms with Crippen molar-refractivity contribution in [2.45, 2.75) is 46.0 Å². The molecule has 9 heteroatoms. The van der Waals surface area contributed by atoms with Crippen LogP contribution in [0.3, 0.4) is 0 Å². The van der Waals surface area contributed by atoms with Gasteiger partial charge in [-0.05, 0) is 56.8 Å². The number of allylic oxidation sites excluding steroid dienone is 2. The normalized spacial score (nSPS) is 16.2. The number of nitro benzene ring substituents is 1. The van der Waals surface area contributed by atoms with Crippen molar-refractivity contribution < 1.29 is 24.4 Å². The van der Waals surface area contributed by atoms with Crippen molar-refractivity contribution in [1.29, 1.82) is 0 Å². The van der Waals surface area contributed by atoms with Crippen LogP contribution >= 0.6 is 0 Å². The van der Waals surface area contributed by atoms with Crippen molar-refractivity contribution >= 4 is 17.6 Å². The smallest absolute Gasteiger partial charge is 0.335 e. The highest BCUT2D eigenvalue weighted by Gasteiger charge is 2.25. The number of aliphatic carboxylic acids is 1. The first-order valence-electron chi connectivity index (χ1n) is 15.1. The number of dihydropyridines is 1. The van der Waals surface area contributed by atoms with Crippen LogP contribution in [-0.2, 0) is 14.3 Å². The van der Waals surface area contributed by atoms with E-state index in [0.29, 0.717) is 22.9 Å². The number of nitrogens with one attached hydrogen (secondary N) is 1.